The number of aryl methyl sites for hydroxylation is 1. The molecule has 2 aromatic carbocycles. The second-order valence-corrected chi connectivity index (χ2v) is 15.8. The minimum Gasteiger partial charge on any atom is -0.490 e. The fraction of sp³-hybridized carbons (Fsp3) is 0.529. The van der Waals surface area contributed by atoms with Gasteiger partial charge in [0, 0.05) is 54.0 Å². The normalized spacial score (nSPS) is 35.0. The van der Waals surface area contributed by atoms with Gasteiger partial charge in [-0.05, 0) is 105 Å². The fourth-order valence-electron chi connectivity index (χ4n) is 7.61. The molecule has 0 saturated heterocycles. The molecule has 2 aliphatic heterocycles. The molecule has 7 atom stereocenters. The van der Waals surface area contributed by atoms with Gasteiger partial charge in [-0.25, -0.2) is 4.21 Å². The van der Waals surface area contributed by atoms with Crippen molar-refractivity contribution in [3.05, 3.63) is 70.3 Å². The molecule has 43 heavy (non-hydrogen) atoms. The van der Waals surface area contributed by atoms with Gasteiger partial charge in [-0.15, -0.1) is 0 Å². The highest BCUT2D eigenvalue weighted by Gasteiger charge is 2.44. The monoisotopic (exact) mass is 626 g/mol. The van der Waals surface area contributed by atoms with Crippen LogP contribution in [0.15, 0.2) is 48.6 Å². The molecule has 0 aromatic heterocycles. The van der Waals surface area contributed by atoms with Crippen LogP contribution in [0.25, 0.3) is 0 Å². The summed E-state index contributed by atoms with van der Waals surface area (Å²) in [5.41, 5.74) is 3.67. The topological polar surface area (TPSA) is 88.1 Å². The Kier molecular flexibility index (Phi) is 8.59. The fourth-order valence-corrected chi connectivity index (χ4v) is 9.24. The van der Waals surface area contributed by atoms with Crippen LogP contribution in [-0.2, 0) is 26.3 Å². The number of nitrogens with one attached hydrogen (secondary N) is 1. The van der Waals surface area contributed by atoms with Crippen LogP contribution >= 0.6 is 11.6 Å². The second-order valence-electron chi connectivity index (χ2n) is 13.0. The Bertz CT molecular complexity index is 1510. The molecule has 6 rings (SSSR count). The first kappa shape index (κ1) is 30.5. The van der Waals surface area contributed by atoms with Crippen molar-refractivity contribution in [2.45, 2.75) is 62.2 Å². The van der Waals surface area contributed by atoms with E-state index in [-0.39, 0.29) is 24.0 Å². The summed E-state index contributed by atoms with van der Waals surface area (Å²) in [5, 5.41) is 10.4. The predicted molar refractivity (Wildman–Crippen MR) is 174 cm³/mol. The highest BCUT2D eigenvalue weighted by molar-refractivity contribution is 7.99. The van der Waals surface area contributed by atoms with Gasteiger partial charge in [0.1, 0.15) is 5.75 Å². The average Bonchev–Trinajstić information content (AvgIpc) is 3.12. The van der Waals surface area contributed by atoms with Crippen molar-refractivity contribution >= 4 is 38.8 Å². The number of hydrogen-bond donors (Lipinski definition) is 2. The zero-order valence-electron chi connectivity index (χ0n) is 25.1. The molecular weight excluding hydrogens is 584 g/mol. The number of benzene rings is 2. The zero-order valence-corrected chi connectivity index (χ0v) is 26.7. The maximum absolute atomic E-state index is 13.7. The summed E-state index contributed by atoms with van der Waals surface area (Å²) in [4.78, 5) is 16.0. The number of halogens is 1. The summed E-state index contributed by atoms with van der Waals surface area (Å²) in [7, 11) is -1.30. The molecule has 1 amide bonds. The van der Waals surface area contributed by atoms with E-state index in [4.69, 9.17) is 21.1 Å². The van der Waals surface area contributed by atoms with Crippen LogP contribution in [0.3, 0.4) is 0 Å². The van der Waals surface area contributed by atoms with Crippen LogP contribution in [0.4, 0.5) is 5.69 Å². The van der Waals surface area contributed by atoms with Gasteiger partial charge in [0.2, 0.25) is 0 Å². The molecule has 1 saturated carbocycles. The Morgan fingerprint density at radius 2 is 2.09 bits per heavy atom. The Morgan fingerprint density at radius 3 is 2.84 bits per heavy atom. The molecule has 1 unspecified atom stereocenters. The standard InChI is InChI=1S/C34H43ClN2O5S/c1-22-26(19-38)6-4-8-31(41-2)28-12-9-25(28)18-37-20-34(15-5-7-23-16-27(35)11-13-29(23)34)21-42-32-14-10-24(17-30(32)37)33(39)36-43(22,3)40/h4,8,10-11,13-14,16-17,22,25-26,28,31,38H,3,5-7,9,12,15,18-21H2,1-2H3,(H,36,39,40)/b8-4+/t22-,25+,26-,28-,31+,34+,43?/m1/s1. The smallest absolute Gasteiger partial charge is 0.262 e. The number of nitrogens with zero attached hydrogens (tertiary/aromatic N) is 1. The lowest BCUT2D eigenvalue weighted by Crippen LogP contribution is -2.49. The van der Waals surface area contributed by atoms with E-state index in [9.17, 15) is 14.1 Å². The molecule has 2 N–H and O–H groups in total. The van der Waals surface area contributed by atoms with Crippen LogP contribution in [0.1, 0.15) is 60.5 Å². The number of hydrogen-bond acceptors (Lipinski definition) is 6. The molecule has 2 aliphatic carbocycles. The van der Waals surface area contributed by atoms with Gasteiger partial charge < -0.3 is 19.5 Å². The first-order chi connectivity index (χ1) is 20.6. The molecule has 0 radical (unpaired) electrons. The van der Waals surface area contributed by atoms with E-state index in [1.54, 1.807) is 20.1 Å². The molecule has 1 spiro atoms. The maximum Gasteiger partial charge on any atom is 0.262 e. The predicted octanol–water partition coefficient (Wildman–Crippen LogP) is 5.17. The van der Waals surface area contributed by atoms with E-state index in [1.807, 2.05) is 24.3 Å². The van der Waals surface area contributed by atoms with Crippen molar-refractivity contribution in [1.29, 1.82) is 0 Å². The molecule has 7 nitrogen and oxygen atoms in total. The molecular formula is C34H43ClN2O5S. The van der Waals surface area contributed by atoms with E-state index in [0.717, 1.165) is 61.7 Å². The van der Waals surface area contributed by atoms with Crippen LogP contribution in [-0.4, -0.2) is 65.9 Å². The van der Waals surface area contributed by atoms with Crippen molar-refractivity contribution in [1.82, 2.24) is 4.72 Å². The zero-order chi connectivity index (χ0) is 30.4. The minimum atomic E-state index is -3.06. The quantitative estimate of drug-likeness (QED) is 0.353. The van der Waals surface area contributed by atoms with Crippen molar-refractivity contribution in [3.8, 4) is 5.75 Å². The number of fused-ring (bicyclic) bond motifs is 4. The lowest BCUT2D eigenvalue weighted by molar-refractivity contribution is 0.0131. The Hall–Kier alpha value is -2.52. The van der Waals surface area contributed by atoms with Crippen LogP contribution < -0.4 is 14.4 Å². The van der Waals surface area contributed by atoms with Crippen LogP contribution in [0.2, 0.25) is 5.02 Å². The highest BCUT2D eigenvalue weighted by atomic mass is 35.5. The molecule has 9 heteroatoms. The number of aliphatic hydroxyl groups excluding tert-OH is 1. The van der Waals surface area contributed by atoms with E-state index < -0.39 is 20.9 Å². The van der Waals surface area contributed by atoms with E-state index in [1.165, 1.54) is 11.1 Å². The largest absolute Gasteiger partial charge is 0.490 e. The summed E-state index contributed by atoms with van der Waals surface area (Å²) in [6, 6.07) is 11.7. The number of carbonyl (C=O) groups excluding carboxylic acids is 1. The second kappa shape index (κ2) is 12.1. The number of allylic oxidation sites excluding steroid dienone is 1. The van der Waals surface area contributed by atoms with E-state index in [2.05, 4.69) is 33.7 Å². The summed E-state index contributed by atoms with van der Waals surface area (Å²) in [6.07, 6.45) is 9.84. The van der Waals surface area contributed by atoms with Crippen molar-refractivity contribution < 1.29 is 23.6 Å². The number of methoxy groups -OCH3 is 1. The summed E-state index contributed by atoms with van der Waals surface area (Å²) in [6.45, 7) is 3.75. The van der Waals surface area contributed by atoms with Gasteiger partial charge in [0.25, 0.3) is 5.91 Å². The van der Waals surface area contributed by atoms with Gasteiger partial charge in [0.05, 0.1) is 28.1 Å². The average molecular weight is 627 g/mol. The first-order valence-corrected chi connectivity index (χ1v) is 17.6. The van der Waals surface area contributed by atoms with E-state index in [0.29, 0.717) is 30.4 Å². The number of ether oxygens (including phenoxy) is 2. The third kappa shape index (κ3) is 5.84. The molecule has 4 aliphatic rings. The van der Waals surface area contributed by atoms with Crippen molar-refractivity contribution in [3.63, 3.8) is 0 Å². The third-order valence-corrected chi connectivity index (χ3v) is 12.8. The van der Waals surface area contributed by atoms with Gasteiger partial charge in [-0.3, -0.25) is 9.52 Å². The molecule has 2 bridgehead atoms. The maximum atomic E-state index is 13.7. The number of anilines is 1. The van der Waals surface area contributed by atoms with Gasteiger partial charge >= 0.3 is 0 Å². The number of amides is 1. The molecule has 1 fully saturated rings. The third-order valence-electron chi connectivity index (χ3n) is 10.5. The SMILES string of the molecule is C=S1(=O)NC(=O)c2ccc3c(c2)N(C[C@@H]2CC[C@H]2[C@@H](OC)/C=C/C[C@H](CO)[C@H]1C)C[C@@]1(CCCc2cc(Cl)ccc21)CO3. The Labute approximate surface area is 260 Å². The lowest BCUT2D eigenvalue weighted by Gasteiger charge is -2.46. The Morgan fingerprint density at radius 1 is 1.26 bits per heavy atom. The van der Waals surface area contributed by atoms with Gasteiger partial charge in [0.15, 0.2) is 0 Å². The lowest BCUT2D eigenvalue weighted by atomic mass is 9.68. The van der Waals surface area contributed by atoms with Gasteiger partial charge in [-0.1, -0.05) is 29.8 Å². The van der Waals surface area contributed by atoms with Crippen molar-refractivity contribution in [2.75, 3.05) is 38.3 Å². The number of rotatable bonds is 2. The van der Waals surface area contributed by atoms with Crippen molar-refractivity contribution in [2.24, 2.45) is 17.8 Å². The minimum absolute atomic E-state index is 0.0503. The summed E-state index contributed by atoms with van der Waals surface area (Å²) in [5.74, 6) is 4.67. The van der Waals surface area contributed by atoms with Crippen LogP contribution in [0.5, 0.6) is 5.75 Å². The van der Waals surface area contributed by atoms with Gasteiger partial charge in [-0.2, -0.15) is 0 Å². The number of aliphatic hydroxyl groups is 1. The molecule has 2 heterocycles. The van der Waals surface area contributed by atoms with Crippen LogP contribution in [0, 0.1) is 17.8 Å². The highest BCUT2D eigenvalue weighted by Crippen LogP contribution is 2.47. The van der Waals surface area contributed by atoms with E-state index >= 15 is 0 Å². The summed E-state index contributed by atoms with van der Waals surface area (Å²) >= 11 is 6.42. The first-order valence-electron chi connectivity index (χ1n) is 15.4. The summed E-state index contributed by atoms with van der Waals surface area (Å²) < 4.78 is 29.0. The Balaban J connectivity index is 1.43. The number of carbonyl (C=O) groups is 1. The molecule has 2 aromatic rings. The molecule has 232 valence electrons.